The van der Waals surface area contributed by atoms with Gasteiger partial charge in [0.05, 0.1) is 12.7 Å². The molecular formula is C12H11ClN2O2. The third kappa shape index (κ3) is 2.47. The fourth-order valence-corrected chi connectivity index (χ4v) is 1.70. The Bertz CT molecular complexity index is 608. The van der Waals surface area contributed by atoms with Gasteiger partial charge in [0.15, 0.2) is 10.8 Å². The van der Waals surface area contributed by atoms with Crippen LogP contribution in [0, 0.1) is 6.92 Å². The molecule has 0 spiro atoms. The first kappa shape index (κ1) is 11.7. The summed E-state index contributed by atoms with van der Waals surface area (Å²) >= 11 is 5.66. The standard InChI is InChI=1S/C12H11ClN2O2/c1-8-3-2-4-9(5-8)7-15-12(17)11(13)10(16)6-14-15/h2-6,16H,7H2,1H3. The van der Waals surface area contributed by atoms with Gasteiger partial charge in [-0.25, -0.2) is 4.68 Å². The number of nitrogens with zero attached hydrogens (tertiary/aromatic N) is 2. The van der Waals surface area contributed by atoms with Crippen molar-refractivity contribution in [2.45, 2.75) is 13.5 Å². The monoisotopic (exact) mass is 250 g/mol. The molecule has 0 unspecified atom stereocenters. The average molecular weight is 251 g/mol. The van der Waals surface area contributed by atoms with Crippen molar-refractivity contribution in [2.24, 2.45) is 0 Å². The summed E-state index contributed by atoms with van der Waals surface area (Å²) in [6.07, 6.45) is 1.17. The van der Waals surface area contributed by atoms with E-state index in [0.717, 1.165) is 11.1 Å². The summed E-state index contributed by atoms with van der Waals surface area (Å²) in [7, 11) is 0. The Kier molecular flexibility index (Phi) is 3.15. The maximum Gasteiger partial charge on any atom is 0.289 e. The highest BCUT2D eigenvalue weighted by atomic mass is 35.5. The van der Waals surface area contributed by atoms with Crippen molar-refractivity contribution in [3.8, 4) is 5.75 Å². The normalized spacial score (nSPS) is 10.5. The van der Waals surface area contributed by atoms with E-state index in [4.69, 9.17) is 11.6 Å². The lowest BCUT2D eigenvalue weighted by Crippen LogP contribution is -2.23. The van der Waals surface area contributed by atoms with Gasteiger partial charge in [-0.05, 0) is 12.5 Å². The summed E-state index contributed by atoms with van der Waals surface area (Å²) in [6.45, 7) is 2.31. The van der Waals surface area contributed by atoms with E-state index in [-0.39, 0.29) is 10.8 Å². The van der Waals surface area contributed by atoms with Gasteiger partial charge in [-0.3, -0.25) is 4.79 Å². The van der Waals surface area contributed by atoms with E-state index in [2.05, 4.69) is 5.10 Å². The fourth-order valence-electron chi connectivity index (χ4n) is 1.55. The maximum absolute atomic E-state index is 11.7. The number of halogens is 1. The van der Waals surface area contributed by atoms with Gasteiger partial charge in [-0.15, -0.1) is 0 Å². The van der Waals surface area contributed by atoms with Crippen molar-refractivity contribution in [1.82, 2.24) is 9.78 Å². The summed E-state index contributed by atoms with van der Waals surface area (Å²) in [5, 5.41) is 12.9. The van der Waals surface area contributed by atoms with Gasteiger partial charge in [-0.2, -0.15) is 5.10 Å². The Balaban J connectivity index is 2.37. The number of benzene rings is 1. The van der Waals surface area contributed by atoms with E-state index in [0.29, 0.717) is 6.54 Å². The number of aromatic nitrogens is 2. The van der Waals surface area contributed by atoms with Gasteiger partial charge in [0, 0.05) is 0 Å². The molecule has 2 rings (SSSR count). The van der Waals surface area contributed by atoms with Crippen LogP contribution < -0.4 is 5.56 Å². The molecule has 0 amide bonds. The molecule has 5 heteroatoms. The van der Waals surface area contributed by atoms with Crippen LogP contribution in [0.25, 0.3) is 0 Å². The highest BCUT2D eigenvalue weighted by molar-refractivity contribution is 6.31. The maximum atomic E-state index is 11.7. The second-order valence-electron chi connectivity index (χ2n) is 3.80. The van der Waals surface area contributed by atoms with Crippen LogP contribution >= 0.6 is 11.6 Å². The first-order valence-corrected chi connectivity index (χ1v) is 5.46. The fraction of sp³-hybridized carbons (Fsp3) is 0.167. The lowest BCUT2D eigenvalue weighted by atomic mass is 10.1. The molecule has 0 aliphatic heterocycles. The van der Waals surface area contributed by atoms with Crippen molar-refractivity contribution in [3.05, 3.63) is 57.0 Å². The average Bonchev–Trinajstić information content (AvgIpc) is 2.30. The molecule has 1 aromatic carbocycles. The topological polar surface area (TPSA) is 55.1 Å². The van der Waals surface area contributed by atoms with Crippen LogP contribution in [0.15, 0.2) is 35.3 Å². The van der Waals surface area contributed by atoms with Crippen LogP contribution in [-0.4, -0.2) is 14.9 Å². The molecule has 0 saturated heterocycles. The molecule has 0 saturated carbocycles. The number of hydrogen-bond acceptors (Lipinski definition) is 3. The molecular weight excluding hydrogens is 240 g/mol. The second-order valence-corrected chi connectivity index (χ2v) is 4.17. The molecule has 17 heavy (non-hydrogen) atoms. The van der Waals surface area contributed by atoms with E-state index in [9.17, 15) is 9.90 Å². The van der Waals surface area contributed by atoms with Crippen molar-refractivity contribution < 1.29 is 5.11 Å². The molecule has 88 valence electrons. The molecule has 1 aromatic heterocycles. The molecule has 0 bridgehead atoms. The van der Waals surface area contributed by atoms with Crippen LogP contribution in [-0.2, 0) is 6.54 Å². The van der Waals surface area contributed by atoms with Crippen LogP contribution in [0.1, 0.15) is 11.1 Å². The van der Waals surface area contributed by atoms with Gasteiger partial charge in [0.25, 0.3) is 5.56 Å². The van der Waals surface area contributed by atoms with E-state index < -0.39 is 5.56 Å². The first-order chi connectivity index (χ1) is 8.08. The summed E-state index contributed by atoms with van der Waals surface area (Å²) in [4.78, 5) is 11.7. The molecule has 0 radical (unpaired) electrons. The van der Waals surface area contributed by atoms with Crippen molar-refractivity contribution in [1.29, 1.82) is 0 Å². The smallest absolute Gasteiger partial charge is 0.289 e. The van der Waals surface area contributed by atoms with Crippen LogP contribution in [0.3, 0.4) is 0 Å². The number of aromatic hydroxyl groups is 1. The summed E-state index contributed by atoms with van der Waals surface area (Å²) in [6, 6.07) is 7.76. The van der Waals surface area contributed by atoms with Gasteiger partial charge >= 0.3 is 0 Å². The lowest BCUT2D eigenvalue weighted by molar-refractivity contribution is 0.462. The zero-order chi connectivity index (χ0) is 12.4. The number of aryl methyl sites for hydroxylation is 1. The number of hydrogen-bond donors (Lipinski definition) is 1. The lowest BCUT2D eigenvalue weighted by Gasteiger charge is -2.06. The molecule has 0 aliphatic carbocycles. The zero-order valence-corrected chi connectivity index (χ0v) is 9.98. The predicted molar refractivity (Wildman–Crippen MR) is 65.5 cm³/mol. The van der Waals surface area contributed by atoms with Gasteiger partial charge in [0.1, 0.15) is 0 Å². The third-order valence-corrected chi connectivity index (χ3v) is 2.74. The minimum atomic E-state index is -0.492. The van der Waals surface area contributed by atoms with E-state index in [1.807, 2.05) is 31.2 Å². The van der Waals surface area contributed by atoms with E-state index in [1.54, 1.807) is 0 Å². The van der Waals surface area contributed by atoms with Crippen LogP contribution in [0.2, 0.25) is 5.02 Å². The molecule has 0 aliphatic rings. The quantitative estimate of drug-likeness (QED) is 0.887. The van der Waals surface area contributed by atoms with Crippen LogP contribution in [0.5, 0.6) is 5.75 Å². The molecule has 0 fully saturated rings. The Hall–Kier alpha value is -1.81. The first-order valence-electron chi connectivity index (χ1n) is 5.08. The highest BCUT2D eigenvalue weighted by Crippen LogP contribution is 2.15. The second kappa shape index (κ2) is 4.59. The molecule has 2 aromatic rings. The van der Waals surface area contributed by atoms with Gasteiger partial charge in [-0.1, -0.05) is 41.4 Å². The Morgan fingerprint density at radius 3 is 2.94 bits per heavy atom. The summed E-state index contributed by atoms with van der Waals surface area (Å²) in [5.74, 6) is -0.294. The zero-order valence-electron chi connectivity index (χ0n) is 9.22. The Labute approximate surface area is 103 Å². The van der Waals surface area contributed by atoms with Crippen molar-refractivity contribution >= 4 is 11.6 Å². The van der Waals surface area contributed by atoms with E-state index in [1.165, 1.54) is 10.9 Å². The van der Waals surface area contributed by atoms with Gasteiger partial charge in [0.2, 0.25) is 0 Å². The predicted octanol–water partition coefficient (Wildman–Crippen LogP) is 1.96. The van der Waals surface area contributed by atoms with Gasteiger partial charge < -0.3 is 5.11 Å². The minimum Gasteiger partial charge on any atom is -0.505 e. The Morgan fingerprint density at radius 2 is 2.24 bits per heavy atom. The largest absolute Gasteiger partial charge is 0.505 e. The Morgan fingerprint density at radius 1 is 1.47 bits per heavy atom. The minimum absolute atomic E-state index is 0.201. The van der Waals surface area contributed by atoms with Crippen LogP contribution in [0.4, 0.5) is 0 Å². The van der Waals surface area contributed by atoms with Crippen molar-refractivity contribution in [2.75, 3.05) is 0 Å². The van der Waals surface area contributed by atoms with Crippen molar-refractivity contribution in [3.63, 3.8) is 0 Å². The molecule has 0 atom stereocenters. The molecule has 1 heterocycles. The molecule has 1 N–H and O–H groups in total. The van der Waals surface area contributed by atoms with E-state index >= 15 is 0 Å². The highest BCUT2D eigenvalue weighted by Gasteiger charge is 2.08. The SMILES string of the molecule is Cc1cccc(Cn2ncc(O)c(Cl)c2=O)c1. The number of rotatable bonds is 2. The summed E-state index contributed by atoms with van der Waals surface area (Å²) in [5.41, 5.74) is 1.58. The summed E-state index contributed by atoms with van der Waals surface area (Å²) < 4.78 is 1.22. The third-order valence-electron chi connectivity index (χ3n) is 2.38. The molecule has 4 nitrogen and oxygen atoms in total.